The van der Waals surface area contributed by atoms with Crippen molar-refractivity contribution in [3.8, 4) is 0 Å². The number of likely N-dealkylation sites (tertiary alicyclic amines) is 1. The quantitative estimate of drug-likeness (QED) is 0.493. The van der Waals surface area contributed by atoms with Gasteiger partial charge in [0, 0.05) is 41.8 Å². The van der Waals surface area contributed by atoms with E-state index in [2.05, 4.69) is 5.10 Å². The van der Waals surface area contributed by atoms with Crippen molar-refractivity contribution in [1.29, 1.82) is 0 Å². The van der Waals surface area contributed by atoms with Crippen molar-refractivity contribution in [2.75, 3.05) is 25.4 Å². The van der Waals surface area contributed by atoms with Crippen molar-refractivity contribution in [3.05, 3.63) is 42.0 Å². The highest BCUT2D eigenvalue weighted by molar-refractivity contribution is 5.84. The third-order valence-corrected chi connectivity index (χ3v) is 5.79. The first-order chi connectivity index (χ1) is 17.2. The molecule has 2 aromatic rings. The number of carbonyl (C=O) groups is 2. The number of hydrogen-bond acceptors (Lipinski definition) is 8. The molecule has 11 heteroatoms. The first kappa shape index (κ1) is 29.8. The van der Waals surface area contributed by atoms with Crippen molar-refractivity contribution in [2.24, 2.45) is 16.9 Å². The number of carbonyl (C=O) groups excluding carboxylic acids is 2. The first-order valence-corrected chi connectivity index (χ1v) is 12.5. The van der Waals surface area contributed by atoms with Crippen molar-refractivity contribution in [3.63, 3.8) is 0 Å². The molecule has 2 aromatic heterocycles. The van der Waals surface area contributed by atoms with E-state index in [4.69, 9.17) is 26.7 Å². The summed E-state index contributed by atoms with van der Waals surface area (Å²) in [6.45, 7) is 15.9. The van der Waals surface area contributed by atoms with Gasteiger partial charge in [0.2, 0.25) is 0 Å². The molecule has 37 heavy (non-hydrogen) atoms. The van der Waals surface area contributed by atoms with Gasteiger partial charge in [0.05, 0.1) is 24.7 Å². The summed E-state index contributed by atoms with van der Waals surface area (Å²) in [5, 5.41) is 4.51. The molecule has 3 heterocycles. The lowest BCUT2D eigenvalue weighted by atomic mass is 9.90. The van der Waals surface area contributed by atoms with Gasteiger partial charge in [-0.15, -0.1) is 0 Å². The molecule has 1 amide bonds. The van der Waals surface area contributed by atoms with Crippen LogP contribution < -0.4 is 17.2 Å². The van der Waals surface area contributed by atoms with Gasteiger partial charge in [-0.05, 0) is 47.6 Å². The monoisotopic (exact) mass is 517 g/mol. The topological polar surface area (TPSA) is 157 Å². The second-order valence-electron chi connectivity index (χ2n) is 10.9. The Kier molecular flexibility index (Phi) is 9.08. The van der Waals surface area contributed by atoms with Gasteiger partial charge in [-0.3, -0.25) is 9.48 Å². The lowest BCUT2D eigenvalue weighted by Gasteiger charge is -2.49. The summed E-state index contributed by atoms with van der Waals surface area (Å²) in [5.74, 6) is 0.0838. The fraction of sp³-hybridized carbons (Fsp3) is 0.577. The maximum atomic E-state index is 12.4. The van der Waals surface area contributed by atoms with Crippen molar-refractivity contribution in [2.45, 2.75) is 73.3 Å². The molecule has 1 fully saturated rings. The summed E-state index contributed by atoms with van der Waals surface area (Å²) in [6.07, 6.45) is 6.34. The zero-order valence-electron chi connectivity index (χ0n) is 23.4. The molecule has 11 nitrogen and oxygen atoms in total. The van der Waals surface area contributed by atoms with Crippen LogP contribution in [0.2, 0.25) is 0 Å². The highest BCUT2D eigenvalue weighted by atomic mass is 16.6. The number of nitrogen functional groups attached to an aromatic ring is 1. The van der Waals surface area contributed by atoms with Crippen LogP contribution in [0, 0.1) is 5.41 Å². The summed E-state index contributed by atoms with van der Waals surface area (Å²) >= 11 is 0. The number of rotatable bonds is 6. The molecule has 0 radical (unpaired) electrons. The highest BCUT2D eigenvalue weighted by Crippen LogP contribution is 2.33. The first-order valence-electron chi connectivity index (χ1n) is 12.5. The summed E-state index contributed by atoms with van der Waals surface area (Å²) in [6, 6.07) is 1.81. The summed E-state index contributed by atoms with van der Waals surface area (Å²) < 4.78 is 14.2. The van der Waals surface area contributed by atoms with Crippen LogP contribution in [0.3, 0.4) is 0 Å². The summed E-state index contributed by atoms with van der Waals surface area (Å²) in [7, 11) is 0. The molecule has 6 N–H and O–H groups in total. The van der Waals surface area contributed by atoms with E-state index in [1.807, 2.05) is 46.9 Å². The molecule has 0 aromatic carbocycles. The van der Waals surface area contributed by atoms with Crippen LogP contribution in [0.1, 0.15) is 66.5 Å². The van der Waals surface area contributed by atoms with E-state index in [-0.39, 0.29) is 18.8 Å². The summed E-state index contributed by atoms with van der Waals surface area (Å²) in [5.41, 5.74) is 18.8. The van der Waals surface area contributed by atoms with Crippen LogP contribution >= 0.6 is 0 Å². The van der Waals surface area contributed by atoms with Crippen molar-refractivity contribution < 1.29 is 19.1 Å². The third-order valence-electron chi connectivity index (χ3n) is 5.79. The van der Waals surface area contributed by atoms with E-state index in [9.17, 15) is 9.59 Å². The molecular weight excluding hydrogens is 474 g/mol. The molecule has 0 spiro atoms. The number of ether oxygens (including phenoxy) is 2. The molecule has 0 atom stereocenters. The van der Waals surface area contributed by atoms with Gasteiger partial charge in [-0.2, -0.15) is 5.10 Å². The normalized spacial score (nSPS) is 15.4. The maximum Gasteiger partial charge on any atom is 0.410 e. The molecular formula is C26H43N7O4. The maximum absolute atomic E-state index is 12.4. The van der Waals surface area contributed by atoms with Gasteiger partial charge < -0.3 is 36.1 Å². The second kappa shape index (κ2) is 11.3. The molecule has 3 rings (SSSR count). The molecule has 0 bridgehead atoms. The smallest absolute Gasteiger partial charge is 0.410 e. The fourth-order valence-corrected chi connectivity index (χ4v) is 3.72. The number of aromatic nitrogens is 3. The van der Waals surface area contributed by atoms with Crippen LogP contribution in [0.25, 0.3) is 5.57 Å². The Morgan fingerprint density at radius 3 is 2.30 bits per heavy atom. The van der Waals surface area contributed by atoms with Gasteiger partial charge in [0.15, 0.2) is 6.73 Å². The van der Waals surface area contributed by atoms with Crippen LogP contribution in [0.4, 0.5) is 10.6 Å². The van der Waals surface area contributed by atoms with E-state index in [0.29, 0.717) is 36.6 Å². The van der Waals surface area contributed by atoms with Crippen LogP contribution in [-0.2, 0) is 26.5 Å². The number of hydrogen-bond donors (Lipinski definition) is 3. The number of anilines is 1. The minimum absolute atomic E-state index is 0.00413. The standard InChI is InChI=1S/C24H37N7O4.C2H6/c1-22(2,3)20(32)34-15-29-8-7-17(19(29)27)18(9-25)16-10-28-31(11-16)24(12-26)13-30(14-24)21(33)35-23(4,5)6;1-2/h7-11H,12-15,25-27H2,1-6H3;1-2H3/b18-9-;. The van der Waals surface area contributed by atoms with Crippen LogP contribution in [-0.4, -0.2) is 56.5 Å². The van der Waals surface area contributed by atoms with Crippen molar-refractivity contribution >= 4 is 23.5 Å². The van der Waals surface area contributed by atoms with E-state index in [1.54, 1.807) is 47.3 Å². The lowest BCUT2D eigenvalue weighted by molar-refractivity contribution is -0.156. The Balaban J connectivity index is 0.00000235. The largest absolute Gasteiger partial charge is 0.444 e. The SMILES string of the molecule is CC.CC(C)(C)OC(=O)N1CC(CN)(n2cc(/C(=C/N)c3ccn(COC(=O)C(C)(C)C)c3N)cn2)C1. The minimum Gasteiger partial charge on any atom is -0.444 e. The Hall–Kier alpha value is -3.47. The number of esters is 1. The van der Waals surface area contributed by atoms with Gasteiger partial charge >= 0.3 is 12.1 Å². The average molecular weight is 518 g/mol. The minimum atomic E-state index is -0.610. The van der Waals surface area contributed by atoms with E-state index < -0.39 is 16.6 Å². The molecule has 0 unspecified atom stereocenters. The number of amides is 1. The Morgan fingerprint density at radius 1 is 1.16 bits per heavy atom. The zero-order valence-corrected chi connectivity index (χ0v) is 23.4. The predicted octanol–water partition coefficient (Wildman–Crippen LogP) is 3.09. The molecule has 0 saturated carbocycles. The number of nitrogens with zero attached hydrogens (tertiary/aromatic N) is 4. The van der Waals surface area contributed by atoms with E-state index >= 15 is 0 Å². The third kappa shape index (κ3) is 6.65. The zero-order chi connectivity index (χ0) is 28.2. The Morgan fingerprint density at radius 2 is 1.78 bits per heavy atom. The molecule has 1 aliphatic heterocycles. The average Bonchev–Trinajstić information content (AvgIpc) is 3.40. The van der Waals surface area contributed by atoms with Gasteiger partial charge in [0.1, 0.15) is 17.0 Å². The van der Waals surface area contributed by atoms with Gasteiger partial charge in [0.25, 0.3) is 0 Å². The Labute approximate surface area is 219 Å². The molecule has 0 aliphatic carbocycles. The predicted molar refractivity (Wildman–Crippen MR) is 144 cm³/mol. The van der Waals surface area contributed by atoms with Gasteiger partial charge in [-0.1, -0.05) is 13.8 Å². The highest BCUT2D eigenvalue weighted by Gasteiger charge is 2.48. The summed E-state index contributed by atoms with van der Waals surface area (Å²) in [4.78, 5) is 26.1. The Bertz CT molecular complexity index is 1110. The molecule has 206 valence electrons. The fourth-order valence-electron chi connectivity index (χ4n) is 3.72. The van der Waals surface area contributed by atoms with E-state index in [1.165, 1.54) is 6.20 Å². The van der Waals surface area contributed by atoms with Crippen LogP contribution in [0.5, 0.6) is 0 Å². The number of nitrogens with two attached hydrogens (primary N) is 3. The van der Waals surface area contributed by atoms with E-state index in [0.717, 1.165) is 5.56 Å². The van der Waals surface area contributed by atoms with Gasteiger partial charge in [-0.25, -0.2) is 4.79 Å². The lowest BCUT2D eigenvalue weighted by Crippen LogP contribution is -2.67. The van der Waals surface area contributed by atoms with Crippen LogP contribution in [0.15, 0.2) is 30.9 Å². The second-order valence-corrected chi connectivity index (χ2v) is 10.9. The molecule has 1 aliphatic rings. The molecule has 1 saturated heterocycles. The van der Waals surface area contributed by atoms with Crippen molar-refractivity contribution in [1.82, 2.24) is 19.2 Å².